The molecule has 1 aliphatic carbocycles. The van der Waals surface area contributed by atoms with E-state index in [1.54, 1.807) is 0 Å². The van der Waals surface area contributed by atoms with Crippen LogP contribution < -0.4 is 5.32 Å². The van der Waals surface area contributed by atoms with Crippen LogP contribution in [-0.2, 0) is 16.6 Å². The number of ether oxygens (including phenoxy) is 1. The standard InChI is InChI=1S/C18H27N3O2/c1-12-16(13(2)21(3)20-12)17-15(10-11-23-17)19-18(22)14-8-6-4-5-7-9-14/h8,15,17H,4-7,9-11H2,1-3H3,(H,19,22)/t15-,17-/m0/s1. The molecule has 1 aromatic rings. The number of carbonyl (C=O) groups excluding carboxylic acids is 1. The van der Waals surface area contributed by atoms with Crippen molar-refractivity contribution in [1.82, 2.24) is 15.1 Å². The summed E-state index contributed by atoms with van der Waals surface area (Å²) in [5, 5.41) is 7.70. The van der Waals surface area contributed by atoms with E-state index < -0.39 is 0 Å². The Bertz CT molecular complexity index is 618. The quantitative estimate of drug-likeness (QED) is 0.932. The summed E-state index contributed by atoms with van der Waals surface area (Å²) in [6, 6.07) is 0.0354. The summed E-state index contributed by atoms with van der Waals surface area (Å²) in [5.41, 5.74) is 4.19. The monoisotopic (exact) mass is 317 g/mol. The molecule has 5 heteroatoms. The normalized spacial score (nSPS) is 25.1. The predicted octanol–water partition coefficient (Wildman–Crippen LogP) is 2.87. The fourth-order valence-electron chi connectivity index (χ4n) is 3.71. The van der Waals surface area contributed by atoms with Crippen molar-refractivity contribution in [3.8, 4) is 0 Å². The SMILES string of the molecule is Cc1nn(C)c(C)c1[C@H]1OCC[C@@H]1NC(=O)C1=CCCCCC1. The summed E-state index contributed by atoms with van der Waals surface area (Å²) >= 11 is 0. The average molecular weight is 317 g/mol. The molecule has 1 N–H and O–H groups in total. The second kappa shape index (κ2) is 6.87. The molecule has 1 fully saturated rings. The van der Waals surface area contributed by atoms with Crippen LogP contribution in [0.25, 0.3) is 0 Å². The van der Waals surface area contributed by atoms with Crippen LogP contribution >= 0.6 is 0 Å². The van der Waals surface area contributed by atoms with Gasteiger partial charge in [-0.1, -0.05) is 12.5 Å². The lowest BCUT2D eigenvalue weighted by molar-refractivity contribution is -0.118. The van der Waals surface area contributed by atoms with Gasteiger partial charge in [0.2, 0.25) is 5.91 Å². The van der Waals surface area contributed by atoms with Crippen molar-refractivity contribution in [1.29, 1.82) is 0 Å². The molecular formula is C18H27N3O2. The lowest BCUT2D eigenvalue weighted by Gasteiger charge is -2.21. The zero-order valence-electron chi connectivity index (χ0n) is 14.4. The number of aromatic nitrogens is 2. The molecule has 126 valence electrons. The van der Waals surface area contributed by atoms with Crippen molar-refractivity contribution < 1.29 is 9.53 Å². The maximum Gasteiger partial charge on any atom is 0.247 e. The topological polar surface area (TPSA) is 56.1 Å². The highest BCUT2D eigenvalue weighted by Gasteiger charge is 2.34. The number of nitrogens with one attached hydrogen (secondary N) is 1. The predicted molar refractivity (Wildman–Crippen MR) is 89.1 cm³/mol. The van der Waals surface area contributed by atoms with Crippen molar-refractivity contribution in [3.05, 3.63) is 28.6 Å². The van der Waals surface area contributed by atoms with E-state index in [0.717, 1.165) is 48.2 Å². The van der Waals surface area contributed by atoms with Crippen LogP contribution in [0.4, 0.5) is 0 Å². The molecule has 2 atom stereocenters. The van der Waals surface area contributed by atoms with E-state index in [2.05, 4.69) is 23.4 Å². The van der Waals surface area contributed by atoms with Crippen molar-refractivity contribution in [2.24, 2.45) is 7.05 Å². The number of amides is 1. The third-order valence-corrected chi connectivity index (χ3v) is 5.09. The Morgan fingerprint density at radius 1 is 1.35 bits per heavy atom. The van der Waals surface area contributed by atoms with E-state index >= 15 is 0 Å². The molecule has 1 saturated heterocycles. The van der Waals surface area contributed by atoms with Gasteiger partial charge in [-0.05, 0) is 46.0 Å². The first-order valence-electron chi connectivity index (χ1n) is 8.69. The largest absolute Gasteiger partial charge is 0.371 e. The van der Waals surface area contributed by atoms with Gasteiger partial charge in [0.25, 0.3) is 0 Å². The number of allylic oxidation sites excluding steroid dienone is 1. The van der Waals surface area contributed by atoms with Crippen LogP contribution in [0.3, 0.4) is 0 Å². The second-order valence-electron chi connectivity index (χ2n) is 6.70. The molecule has 0 unspecified atom stereocenters. The van der Waals surface area contributed by atoms with Crippen LogP contribution in [0.2, 0.25) is 0 Å². The van der Waals surface area contributed by atoms with E-state index in [1.807, 2.05) is 18.7 Å². The average Bonchev–Trinajstić information content (AvgIpc) is 2.93. The number of aryl methyl sites for hydroxylation is 2. The Morgan fingerprint density at radius 3 is 2.91 bits per heavy atom. The molecule has 2 aliphatic rings. The van der Waals surface area contributed by atoms with Crippen LogP contribution in [0.15, 0.2) is 11.6 Å². The number of rotatable bonds is 3. The lowest BCUT2D eigenvalue weighted by Crippen LogP contribution is -2.38. The smallest absolute Gasteiger partial charge is 0.247 e. The highest BCUT2D eigenvalue weighted by molar-refractivity contribution is 5.93. The summed E-state index contributed by atoms with van der Waals surface area (Å²) in [4.78, 5) is 12.6. The van der Waals surface area contributed by atoms with Gasteiger partial charge in [0.1, 0.15) is 6.10 Å². The summed E-state index contributed by atoms with van der Waals surface area (Å²) < 4.78 is 7.84. The zero-order valence-corrected chi connectivity index (χ0v) is 14.4. The summed E-state index contributed by atoms with van der Waals surface area (Å²) in [6.07, 6.45) is 8.34. The third-order valence-electron chi connectivity index (χ3n) is 5.09. The van der Waals surface area contributed by atoms with Crippen molar-refractivity contribution in [3.63, 3.8) is 0 Å². The molecule has 0 bridgehead atoms. The molecule has 1 amide bonds. The van der Waals surface area contributed by atoms with E-state index in [0.29, 0.717) is 6.61 Å². The molecule has 5 nitrogen and oxygen atoms in total. The molecular weight excluding hydrogens is 290 g/mol. The maximum absolute atomic E-state index is 12.6. The number of hydrogen-bond donors (Lipinski definition) is 1. The first-order valence-corrected chi connectivity index (χ1v) is 8.69. The van der Waals surface area contributed by atoms with Crippen LogP contribution in [0.5, 0.6) is 0 Å². The molecule has 0 spiro atoms. The molecule has 2 heterocycles. The van der Waals surface area contributed by atoms with Gasteiger partial charge in [-0.15, -0.1) is 0 Å². The minimum atomic E-state index is -0.0842. The van der Waals surface area contributed by atoms with Crippen molar-refractivity contribution >= 4 is 5.91 Å². The minimum absolute atomic E-state index is 0.0354. The molecule has 0 aromatic carbocycles. The van der Waals surface area contributed by atoms with Gasteiger partial charge in [-0.25, -0.2) is 0 Å². The number of nitrogens with zero attached hydrogens (tertiary/aromatic N) is 2. The van der Waals surface area contributed by atoms with Gasteiger partial charge in [-0.2, -0.15) is 5.10 Å². The number of hydrogen-bond acceptors (Lipinski definition) is 3. The summed E-state index contributed by atoms with van der Waals surface area (Å²) in [6.45, 7) is 4.75. The Hall–Kier alpha value is -1.62. The summed E-state index contributed by atoms with van der Waals surface area (Å²) in [7, 11) is 1.95. The maximum atomic E-state index is 12.6. The first-order chi connectivity index (χ1) is 11.1. The van der Waals surface area contributed by atoms with Crippen LogP contribution in [0.1, 0.15) is 61.6 Å². The molecule has 1 aliphatic heterocycles. The van der Waals surface area contributed by atoms with E-state index in [4.69, 9.17) is 4.74 Å². The Labute approximate surface area is 138 Å². The molecule has 1 aromatic heterocycles. The van der Waals surface area contributed by atoms with Gasteiger partial charge in [0.15, 0.2) is 0 Å². The van der Waals surface area contributed by atoms with Gasteiger partial charge in [0, 0.05) is 30.5 Å². The highest BCUT2D eigenvalue weighted by atomic mass is 16.5. The number of carbonyl (C=O) groups is 1. The second-order valence-corrected chi connectivity index (χ2v) is 6.70. The zero-order chi connectivity index (χ0) is 16.4. The van der Waals surface area contributed by atoms with Gasteiger partial charge in [0.05, 0.1) is 11.7 Å². The fraction of sp³-hybridized carbons (Fsp3) is 0.667. The Balaban J connectivity index is 1.74. The van der Waals surface area contributed by atoms with Gasteiger partial charge >= 0.3 is 0 Å². The van der Waals surface area contributed by atoms with E-state index in [1.165, 1.54) is 12.8 Å². The van der Waals surface area contributed by atoms with Crippen molar-refractivity contribution in [2.75, 3.05) is 6.61 Å². The first kappa shape index (κ1) is 16.2. The van der Waals surface area contributed by atoms with E-state index in [-0.39, 0.29) is 18.1 Å². The molecule has 3 rings (SSSR count). The molecule has 23 heavy (non-hydrogen) atoms. The lowest BCUT2D eigenvalue weighted by atomic mass is 9.99. The third kappa shape index (κ3) is 3.34. The van der Waals surface area contributed by atoms with Crippen LogP contribution in [0, 0.1) is 13.8 Å². The van der Waals surface area contributed by atoms with Gasteiger partial charge < -0.3 is 10.1 Å². The minimum Gasteiger partial charge on any atom is -0.371 e. The fourth-order valence-corrected chi connectivity index (χ4v) is 3.71. The molecule has 0 radical (unpaired) electrons. The summed E-state index contributed by atoms with van der Waals surface area (Å²) in [5.74, 6) is 0.0894. The Morgan fingerprint density at radius 2 is 2.17 bits per heavy atom. The highest BCUT2D eigenvalue weighted by Crippen LogP contribution is 2.33. The van der Waals surface area contributed by atoms with E-state index in [9.17, 15) is 4.79 Å². The molecule has 0 saturated carbocycles. The van der Waals surface area contributed by atoms with Gasteiger partial charge in [-0.3, -0.25) is 9.48 Å². The Kier molecular flexibility index (Phi) is 4.85. The van der Waals surface area contributed by atoms with Crippen molar-refractivity contribution in [2.45, 2.75) is 64.5 Å². The van der Waals surface area contributed by atoms with Crippen LogP contribution in [-0.4, -0.2) is 28.3 Å².